The van der Waals surface area contributed by atoms with Gasteiger partial charge in [0.2, 0.25) is 11.9 Å². The van der Waals surface area contributed by atoms with E-state index in [2.05, 4.69) is 20.0 Å². The Morgan fingerprint density at radius 3 is 2.32 bits per heavy atom. The summed E-state index contributed by atoms with van der Waals surface area (Å²) in [5.74, 6) is -1.10. The zero-order chi connectivity index (χ0) is 22.6. The molecule has 0 aliphatic carbocycles. The van der Waals surface area contributed by atoms with Crippen LogP contribution in [0.5, 0.6) is 0 Å². The number of carbonyl (C=O) groups is 1. The number of benzene rings is 2. The molecule has 0 aliphatic rings. The molecule has 0 saturated heterocycles. The monoisotopic (exact) mass is 460 g/mol. The van der Waals surface area contributed by atoms with E-state index in [-0.39, 0.29) is 21.4 Å². The van der Waals surface area contributed by atoms with Crippen LogP contribution in [0, 0.1) is 19.7 Å². The molecule has 0 bridgehead atoms. The molecule has 160 valence electrons. The van der Waals surface area contributed by atoms with Gasteiger partial charge in [0.15, 0.2) is 0 Å². The minimum Gasteiger partial charge on any atom is -0.323 e. The Bertz CT molecular complexity index is 1220. The highest BCUT2D eigenvalue weighted by Crippen LogP contribution is 2.21. The molecule has 3 aromatic rings. The molecule has 1 heterocycles. The average Bonchev–Trinajstić information content (AvgIpc) is 2.67. The number of halogens is 2. The normalized spacial score (nSPS) is 11.5. The first-order chi connectivity index (χ1) is 14.6. The number of hydrogen-bond acceptors (Lipinski definition) is 5. The lowest BCUT2D eigenvalue weighted by Gasteiger charge is -2.09. The topological polar surface area (TPSA) is 101 Å². The van der Waals surface area contributed by atoms with Crippen molar-refractivity contribution in [3.63, 3.8) is 0 Å². The number of nitrogens with one attached hydrogen (secondary N) is 2. The molecule has 2 N–H and O–H groups in total. The van der Waals surface area contributed by atoms with E-state index >= 15 is 0 Å². The molecule has 0 saturated carbocycles. The Balaban J connectivity index is 1.69. The SMILES string of the molecule is Cc1cc(C)nc(NS(=O)(=O)c2ccc(NC(=O)C=Cc3c(F)cccc3Cl)cc2)n1. The van der Waals surface area contributed by atoms with E-state index in [9.17, 15) is 17.6 Å². The molecule has 31 heavy (non-hydrogen) atoms. The minimum absolute atomic E-state index is 0.0215. The van der Waals surface area contributed by atoms with Crippen molar-refractivity contribution in [3.05, 3.63) is 82.4 Å². The summed E-state index contributed by atoms with van der Waals surface area (Å²) in [4.78, 5) is 20.2. The van der Waals surface area contributed by atoms with Crippen LogP contribution in [0.4, 0.5) is 16.0 Å². The standard InChI is InChI=1S/C21H18ClFN4O3S/c1-13-12-14(2)25-21(24-13)27-31(29,30)16-8-6-15(7-9-16)26-20(28)11-10-17-18(22)4-3-5-19(17)23/h3-12H,1-2H3,(H,26,28)(H,24,25,27). The van der Waals surface area contributed by atoms with Gasteiger partial charge in [-0.25, -0.2) is 27.5 Å². The number of carbonyl (C=O) groups excluding carboxylic acids is 1. The average molecular weight is 461 g/mol. The predicted octanol–water partition coefficient (Wildman–Crippen LogP) is 4.34. The molecule has 10 heteroatoms. The molecule has 0 atom stereocenters. The lowest BCUT2D eigenvalue weighted by Crippen LogP contribution is -2.16. The lowest BCUT2D eigenvalue weighted by molar-refractivity contribution is -0.111. The Hall–Kier alpha value is -3.30. The second-order valence-electron chi connectivity index (χ2n) is 6.56. The maximum absolute atomic E-state index is 13.7. The molecule has 0 spiro atoms. The van der Waals surface area contributed by atoms with E-state index < -0.39 is 21.7 Å². The first-order valence-electron chi connectivity index (χ1n) is 9.02. The first kappa shape index (κ1) is 22.4. The Morgan fingerprint density at radius 1 is 1.06 bits per heavy atom. The highest BCUT2D eigenvalue weighted by atomic mass is 35.5. The van der Waals surface area contributed by atoms with Gasteiger partial charge in [0, 0.05) is 28.7 Å². The zero-order valence-electron chi connectivity index (χ0n) is 16.6. The van der Waals surface area contributed by atoms with Gasteiger partial charge < -0.3 is 5.32 Å². The number of amides is 1. The van der Waals surface area contributed by atoms with Gasteiger partial charge in [0.05, 0.1) is 9.92 Å². The van der Waals surface area contributed by atoms with Gasteiger partial charge in [-0.2, -0.15) is 0 Å². The summed E-state index contributed by atoms with van der Waals surface area (Å²) in [6, 6.07) is 11.5. The fourth-order valence-electron chi connectivity index (χ4n) is 2.68. The second-order valence-corrected chi connectivity index (χ2v) is 8.65. The fourth-order valence-corrected chi connectivity index (χ4v) is 3.85. The number of aryl methyl sites for hydroxylation is 2. The number of sulfonamides is 1. The molecule has 0 aliphatic heterocycles. The largest absolute Gasteiger partial charge is 0.323 e. The number of rotatable bonds is 6. The van der Waals surface area contributed by atoms with Crippen LogP contribution in [0.25, 0.3) is 6.08 Å². The molecule has 1 amide bonds. The molecular weight excluding hydrogens is 443 g/mol. The maximum Gasteiger partial charge on any atom is 0.264 e. The van der Waals surface area contributed by atoms with E-state index in [4.69, 9.17) is 11.6 Å². The van der Waals surface area contributed by atoms with E-state index in [1.54, 1.807) is 19.9 Å². The Labute approximate surface area is 184 Å². The van der Waals surface area contributed by atoms with Gasteiger partial charge in [-0.3, -0.25) is 4.79 Å². The molecule has 1 aromatic heterocycles. The summed E-state index contributed by atoms with van der Waals surface area (Å²) in [5.41, 5.74) is 1.72. The third-order valence-corrected chi connectivity index (χ3v) is 5.71. The Kier molecular flexibility index (Phi) is 6.67. The Morgan fingerprint density at radius 2 is 1.71 bits per heavy atom. The van der Waals surface area contributed by atoms with Crippen molar-refractivity contribution in [2.75, 3.05) is 10.0 Å². The summed E-state index contributed by atoms with van der Waals surface area (Å²) in [6.07, 6.45) is 2.40. The van der Waals surface area contributed by atoms with Crippen LogP contribution in [0.15, 0.2) is 59.5 Å². The van der Waals surface area contributed by atoms with Crippen LogP contribution in [0.2, 0.25) is 5.02 Å². The van der Waals surface area contributed by atoms with Gasteiger partial charge in [0.1, 0.15) is 5.82 Å². The van der Waals surface area contributed by atoms with E-state index in [0.717, 1.165) is 6.08 Å². The summed E-state index contributed by atoms with van der Waals surface area (Å²) in [6.45, 7) is 3.47. The fraction of sp³-hybridized carbons (Fsp3) is 0.0952. The van der Waals surface area contributed by atoms with Crippen molar-refractivity contribution in [1.82, 2.24) is 9.97 Å². The quantitative estimate of drug-likeness (QED) is 0.533. The van der Waals surface area contributed by atoms with Crippen molar-refractivity contribution in [3.8, 4) is 0 Å². The maximum atomic E-state index is 13.7. The summed E-state index contributed by atoms with van der Waals surface area (Å²) in [5, 5.41) is 2.74. The lowest BCUT2D eigenvalue weighted by atomic mass is 10.2. The third kappa shape index (κ3) is 5.87. The van der Waals surface area contributed by atoms with Crippen molar-refractivity contribution in [2.24, 2.45) is 0 Å². The van der Waals surface area contributed by atoms with Crippen LogP contribution in [-0.2, 0) is 14.8 Å². The molecule has 0 unspecified atom stereocenters. The van der Waals surface area contributed by atoms with Gasteiger partial charge in [0.25, 0.3) is 10.0 Å². The van der Waals surface area contributed by atoms with Crippen LogP contribution < -0.4 is 10.0 Å². The predicted molar refractivity (Wildman–Crippen MR) is 118 cm³/mol. The minimum atomic E-state index is -3.91. The van der Waals surface area contributed by atoms with Crippen LogP contribution >= 0.6 is 11.6 Å². The highest BCUT2D eigenvalue weighted by Gasteiger charge is 2.16. The first-order valence-corrected chi connectivity index (χ1v) is 10.9. The van der Waals surface area contributed by atoms with Crippen LogP contribution in [0.3, 0.4) is 0 Å². The number of anilines is 2. The van der Waals surface area contributed by atoms with Crippen molar-refractivity contribution in [2.45, 2.75) is 18.7 Å². The smallest absolute Gasteiger partial charge is 0.264 e. The van der Waals surface area contributed by atoms with Gasteiger partial charge in [-0.1, -0.05) is 17.7 Å². The van der Waals surface area contributed by atoms with Gasteiger partial charge in [-0.05, 0) is 62.4 Å². The summed E-state index contributed by atoms with van der Waals surface area (Å²) >= 11 is 5.91. The second kappa shape index (κ2) is 9.23. The summed E-state index contributed by atoms with van der Waals surface area (Å²) in [7, 11) is -3.91. The van der Waals surface area contributed by atoms with Crippen LogP contribution in [0.1, 0.15) is 17.0 Å². The molecule has 7 nitrogen and oxygen atoms in total. The number of nitrogens with zero attached hydrogens (tertiary/aromatic N) is 2. The molecule has 0 radical (unpaired) electrons. The van der Waals surface area contributed by atoms with E-state index in [0.29, 0.717) is 17.1 Å². The van der Waals surface area contributed by atoms with Gasteiger partial charge in [-0.15, -0.1) is 0 Å². The number of aromatic nitrogens is 2. The van der Waals surface area contributed by atoms with Crippen molar-refractivity contribution >= 4 is 45.2 Å². The van der Waals surface area contributed by atoms with Gasteiger partial charge >= 0.3 is 0 Å². The molecular formula is C21H18ClFN4O3S. The molecule has 3 rings (SSSR count). The zero-order valence-corrected chi connectivity index (χ0v) is 18.1. The molecule has 0 fully saturated rings. The van der Waals surface area contributed by atoms with E-state index in [1.165, 1.54) is 48.5 Å². The highest BCUT2D eigenvalue weighted by molar-refractivity contribution is 7.92. The number of hydrogen-bond donors (Lipinski definition) is 2. The summed E-state index contributed by atoms with van der Waals surface area (Å²) < 4.78 is 41.2. The van der Waals surface area contributed by atoms with Crippen molar-refractivity contribution in [1.29, 1.82) is 0 Å². The molecule has 2 aromatic carbocycles. The van der Waals surface area contributed by atoms with Crippen LogP contribution in [-0.4, -0.2) is 24.3 Å². The van der Waals surface area contributed by atoms with E-state index in [1.807, 2.05) is 0 Å². The van der Waals surface area contributed by atoms with Crippen molar-refractivity contribution < 1.29 is 17.6 Å². The third-order valence-electron chi connectivity index (χ3n) is 4.04.